The number of rotatable bonds is 2. The fraction of sp³-hybridized carbons (Fsp3) is 0.619. The van der Waals surface area contributed by atoms with Crippen LogP contribution in [0.2, 0.25) is 0 Å². The van der Waals surface area contributed by atoms with Crippen molar-refractivity contribution in [3.63, 3.8) is 0 Å². The van der Waals surface area contributed by atoms with Gasteiger partial charge in [-0.05, 0) is 49.3 Å². The van der Waals surface area contributed by atoms with Gasteiger partial charge in [0.15, 0.2) is 0 Å². The molecule has 1 aromatic rings. The molecule has 0 spiro atoms. The third-order valence-corrected chi connectivity index (χ3v) is 6.29. The van der Waals surface area contributed by atoms with Gasteiger partial charge in [-0.1, -0.05) is 12.1 Å². The normalized spacial score (nSPS) is 25.6. The molecule has 3 aliphatic rings. The van der Waals surface area contributed by atoms with E-state index in [1.54, 1.807) is 17.0 Å². The number of fused-ring (bicyclic) bond motifs is 1. The highest BCUT2D eigenvalue weighted by Crippen LogP contribution is 2.30. The Labute approximate surface area is 173 Å². The zero-order valence-electron chi connectivity index (χ0n) is 16.7. The van der Waals surface area contributed by atoms with Crippen molar-refractivity contribution >= 4 is 11.9 Å². The van der Waals surface area contributed by atoms with Crippen LogP contribution in [-0.4, -0.2) is 66.7 Å². The van der Waals surface area contributed by atoms with Gasteiger partial charge < -0.3 is 19.9 Å². The summed E-state index contributed by atoms with van der Waals surface area (Å²) in [6, 6.07) is 5.19. The summed E-state index contributed by atoms with van der Waals surface area (Å²) in [6.45, 7) is 2.43. The molecule has 0 aromatic heterocycles. The van der Waals surface area contributed by atoms with Crippen LogP contribution in [0.4, 0.5) is 18.0 Å². The Morgan fingerprint density at radius 1 is 1.07 bits per heavy atom. The molecule has 3 amide bonds. The van der Waals surface area contributed by atoms with E-state index in [1.807, 2.05) is 4.90 Å². The molecule has 1 N–H and O–H groups in total. The molecule has 6 nitrogen and oxygen atoms in total. The van der Waals surface area contributed by atoms with E-state index in [0.717, 1.165) is 37.0 Å². The van der Waals surface area contributed by atoms with Gasteiger partial charge in [0.05, 0.1) is 17.7 Å². The number of halogens is 3. The Hall–Kier alpha value is -2.29. The zero-order chi connectivity index (χ0) is 21.3. The summed E-state index contributed by atoms with van der Waals surface area (Å²) in [4.78, 5) is 28.1. The van der Waals surface area contributed by atoms with Crippen LogP contribution in [0, 0.1) is 5.92 Å². The second-order valence-electron chi connectivity index (χ2n) is 8.37. The van der Waals surface area contributed by atoms with E-state index >= 15 is 0 Å². The van der Waals surface area contributed by atoms with Crippen molar-refractivity contribution in [1.29, 1.82) is 0 Å². The van der Waals surface area contributed by atoms with Crippen molar-refractivity contribution in [1.82, 2.24) is 15.1 Å². The van der Waals surface area contributed by atoms with Crippen LogP contribution < -0.4 is 5.32 Å². The van der Waals surface area contributed by atoms with Gasteiger partial charge in [0.2, 0.25) is 5.91 Å². The zero-order valence-corrected chi connectivity index (χ0v) is 16.7. The van der Waals surface area contributed by atoms with Crippen LogP contribution >= 0.6 is 0 Å². The van der Waals surface area contributed by atoms with E-state index in [2.05, 4.69) is 5.32 Å². The minimum absolute atomic E-state index is 0.0127. The van der Waals surface area contributed by atoms with Crippen LogP contribution in [0.5, 0.6) is 0 Å². The smallest absolute Gasteiger partial charge is 0.366 e. The summed E-state index contributed by atoms with van der Waals surface area (Å²) < 4.78 is 43.6. The molecule has 3 fully saturated rings. The van der Waals surface area contributed by atoms with Crippen molar-refractivity contribution in [2.75, 3.05) is 32.8 Å². The Morgan fingerprint density at radius 3 is 2.40 bits per heavy atom. The first kappa shape index (κ1) is 21.0. The molecule has 30 heavy (non-hydrogen) atoms. The van der Waals surface area contributed by atoms with Crippen LogP contribution in [0.15, 0.2) is 24.3 Å². The van der Waals surface area contributed by atoms with E-state index in [1.165, 1.54) is 0 Å². The second-order valence-corrected chi connectivity index (χ2v) is 8.37. The highest BCUT2D eigenvalue weighted by atomic mass is 19.4. The van der Waals surface area contributed by atoms with Gasteiger partial charge in [0, 0.05) is 26.2 Å². The number of nitrogens with zero attached hydrogens (tertiary/aromatic N) is 2. The lowest BCUT2D eigenvalue weighted by atomic mass is 9.90. The third kappa shape index (κ3) is 4.71. The number of amides is 3. The number of urea groups is 1. The molecule has 9 heteroatoms. The van der Waals surface area contributed by atoms with Crippen molar-refractivity contribution in [3.8, 4) is 0 Å². The number of likely N-dealkylation sites (tertiary alicyclic amines) is 2. The number of piperidine rings is 2. The molecule has 0 radical (unpaired) electrons. The van der Waals surface area contributed by atoms with E-state index in [4.69, 9.17) is 4.74 Å². The highest BCUT2D eigenvalue weighted by Gasteiger charge is 2.38. The number of alkyl halides is 3. The largest absolute Gasteiger partial charge is 0.416 e. The van der Waals surface area contributed by atoms with Gasteiger partial charge in [-0.2, -0.15) is 13.2 Å². The average molecular weight is 425 g/mol. The lowest BCUT2D eigenvalue weighted by Crippen LogP contribution is -2.62. The Kier molecular flexibility index (Phi) is 5.90. The van der Waals surface area contributed by atoms with Crippen molar-refractivity contribution < 1.29 is 27.5 Å². The Balaban J connectivity index is 1.26. The maximum Gasteiger partial charge on any atom is 0.416 e. The molecule has 1 unspecified atom stereocenters. The maximum absolute atomic E-state index is 12.9. The predicted octanol–water partition coefficient (Wildman–Crippen LogP) is 2.67. The van der Waals surface area contributed by atoms with Crippen LogP contribution in [0.3, 0.4) is 0 Å². The first-order valence-corrected chi connectivity index (χ1v) is 10.4. The number of carbonyl (C=O) groups is 2. The summed E-state index contributed by atoms with van der Waals surface area (Å²) in [5.74, 6) is 0.206. The summed E-state index contributed by atoms with van der Waals surface area (Å²) >= 11 is 0. The first-order valence-electron chi connectivity index (χ1n) is 10.4. The van der Waals surface area contributed by atoms with Crippen molar-refractivity contribution in [3.05, 3.63) is 35.4 Å². The Bertz CT molecular complexity index is 776. The van der Waals surface area contributed by atoms with Crippen LogP contribution in [0.1, 0.15) is 30.4 Å². The van der Waals surface area contributed by atoms with Gasteiger partial charge in [0.25, 0.3) is 0 Å². The molecule has 164 valence electrons. The summed E-state index contributed by atoms with van der Waals surface area (Å²) in [7, 11) is 0. The van der Waals surface area contributed by atoms with Gasteiger partial charge in [-0.3, -0.25) is 4.79 Å². The van der Waals surface area contributed by atoms with E-state index in [0.29, 0.717) is 38.5 Å². The van der Waals surface area contributed by atoms with E-state index in [-0.39, 0.29) is 30.7 Å². The molecule has 4 rings (SSSR count). The predicted molar refractivity (Wildman–Crippen MR) is 103 cm³/mol. The number of carbonyl (C=O) groups excluding carboxylic acids is 2. The molecule has 0 saturated carbocycles. The summed E-state index contributed by atoms with van der Waals surface area (Å²) in [5, 5.41) is 2.91. The van der Waals surface area contributed by atoms with E-state index in [9.17, 15) is 22.8 Å². The topological polar surface area (TPSA) is 61.9 Å². The number of hydrogen-bond donors (Lipinski definition) is 1. The molecule has 0 bridgehead atoms. The SMILES string of the molecule is O=C1CO[C@@H]2CCN(C(=O)N3CCC(Cc4ccc(C(F)(F)F)cc4)CC3)CC2N1. The molecule has 1 aromatic carbocycles. The fourth-order valence-electron chi connectivity index (χ4n) is 4.57. The van der Waals surface area contributed by atoms with E-state index < -0.39 is 11.7 Å². The second kappa shape index (κ2) is 8.45. The molecular weight excluding hydrogens is 399 g/mol. The summed E-state index contributed by atoms with van der Waals surface area (Å²) in [6.07, 6.45) is -1.26. The van der Waals surface area contributed by atoms with Crippen LogP contribution in [0.25, 0.3) is 0 Å². The standard InChI is InChI=1S/C21H26F3N3O3/c22-21(23,24)16-3-1-14(2-4-16)11-15-5-8-26(9-6-15)20(29)27-10-7-18-17(12-27)25-19(28)13-30-18/h1-4,15,17-18H,5-13H2,(H,25,28)/t17?,18-/m1/s1. The average Bonchev–Trinajstić information content (AvgIpc) is 2.73. The molecule has 2 atom stereocenters. The Morgan fingerprint density at radius 2 is 1.73 bits per heavy atom. The van der Waals surface area contributed by atoms with Gasteiger partial charge >= 0.3 is 12.2 Å². The number of nitrogens with one attached hydrogen (secondary N) is 1. The number of ether oxygens (including phenoxy) is 1. The molecular formula is C21H26F3N3O3. The molecule has 3 saturated heterocycles. The van der Waals surface area contributed by atoms with Crippen molar-refractivity contribution in [2.24, 2.45) is 5.92 Å². The van der Waals surface area contributed by atoms with Crippen molar-refractivity contribution in [2.45, 2.75) is 44.0 Å². The number of morpholine rings is 1. The lowest BCUT2D eigenvalue weighted by Gasteiger charge is -2.43. The third-order valence-electron chi connectivity index (χ3n) is 6.29. The molecule has 3 heterocycles. The monoisotopic (exact) mass is 425 g/mol. The lowest BCUT2D eigenvalue weighted by molar-refractivity contribution is -0.140. The number of benzene rings is 1. The number of hydrogen-bond acceptors (Lipinski definition) is 3. The summed E-state index contributed by atoms with van der Waals surface area (Å²) in [5.41, 5.74) is 0.262. The minimum atomic E-state index is -4.31. The maximum atomic E-state index is 12.9. The quantitative estimate of drug-likeness (QED) is 0.793. The highest BCUT2D eigenvalue weighted by molar-refractivity contribution is 5.79. The first-order chi connectivity index (χ1) is 14.3. The molecule has 3 aliphatic heterocycles. The van der Waals surface area contributed by atoms with Crippen LogP contribution in [-0.2, 0) is 22.1 Å². The fourth-order valence-corrected chi connectivity index (χ4v) is 4.57. The minimum Gasteiger partial charge on any atom is -0.366 e. The molecule has 0 aliphatic carbocycles. The van der Waals surface area contributed by atoms with Gasteiger partial charge in [-0.25, -0.2) is 4.79 Å². The van der Waals surface area contributed by atoms with Gasteiger partial charge in [0.1, 0.15) is 6.61 Å². The van der Waals surface area contributed by atoms with Gasteiger partial charge in [-0.15, -0.1) is 0 Å².